The zero-order valence-electron chi connectivity index (χ0n) is 8.53. The van der Waals surface area contributed by atoms with Gasteiger partial charge >= 0.3 is 5.97 Å². The Morgan fingerprint density at radius 1 is 1.71 bits per heavy atom. The van der Waals surface area contributed by atoms with Crippen LogP contribution in [0, 0.1) is 6.92 Å². The SMILES string of the molecule is CC/C(=C\c1conc1C)C(=O)OC. The Bertz CT molecular complexity index is 352. The van der Waals surface area contributed by atoms with Gasteiger partial charge in [0.1, 0.15) is 6.26 Å². The summed E-state index contributed by atoms with van der Waals surface area (Å²) in [6.07, 6.45) is 3.86. The molecule has 0 N–H and O–H groups in total. The number of methoxy groups -OCH3 is 1. The molecule has 14 heavy (non-hydrogen) atoms. The summed E-state index contributed by atoms with van der Waals surface area (Å²) in [7, 11) is 1.37. The average molecular weight is 195 g/mol. The smallest absolute Gasteiger partial charge is 0.333 e. The summed E-state index contributed by atoms with van der Waals surface area (Å²) in [5.74, 6) is -0.312. The van der Waals surface area contributed by atoms with Gasteiger partial charge in [-0.3, -0.25) is 0 Å². The first-order valence-corrected chi connectivity index (χ1v) is 4.39. The highest BCUT2D eigenvalue weighted by Crippen LogP contribution is 2.13. The summed E-state index contributed by atoms with van der Waals surface area (Å²) in [4.78, 5) is 11.2. The number of hydrogen-bond donors (Lipinski definition) is 0. The average Bonchev–Trinajstić information content (AvgIpc) is 2.59. The Balaban J connectivity index is 2.95. The van der Waals surface area contributed by atoms with Gasteiger partial charge in [-0.1, -0.05) is 12.1 Å². The van der Waals surface area contributed by atoms with Crippen LogP contribution in [0.2, 0.25) is 0 Å². The first-order chi connectivity index (χ1) is 6.69. The van der Waals surface area contributed by atoms with Crippen LogP contribution in [0.1, 0.15) is 24.6 Å². The predicted molar refractivity (Wildman–Crippen MR) is 51.5 cm³/mol. The van der Waals surface area contributed by atoms with Gasteiger partial charge in [0.05, 0.1) is 12.8 Å². The molecule has 0 radical (unpaired) electrons. The molecule has 0 amide bonds. The van der Waals surface area contributed by atoms with Crippen LogP contribution >= 0.6 is 0 Å². The van der Waals surface area contributed by atoms with E-state index in [4.69, 9.17) is 4.52 Å². The zero-order chi connectivity index (χ0) is 10.6. The van der Waals surface area contributed by atoms with Gasteiger partial charge in [0, 0.05) is 11.1 Å². The van der Waals surface area contributed by atoms with E-state index >= 15 is 0 Å². The molecule has 0 saturated carbocycles. The molecule has 0 spiro atoms. The molecule has 1 rings (SSSR count). The number of aryl methyl sites for hydroxylation is 1. The molecule has 76 valence electrons. The Morgan fingerprint density at radius 2 is 2.43 bits per heavy atom. The third-order valence-corrected chi connectivity index (χ3v) is 1.95. The molecule has 0 aromatic carbocycles. The second-order valence-corrected chi connectivity index (χ2v) is 2.87. The molecular weight excluding hydrogens is 182 g/mol. The minimum Gasteiger partial charge on any atom is -0.466 e. The highest BCUT2D eigenvalue weighted by Gasteiger charge is 2.08. The number of hydrogen-bond acceptors (Lipinski definition) is 4. The van der Waals surface area contributed by atoms with Gasteiger partial charge < -0.3 is 9.26 Å². The molecule has 1 heterocycles. The number of carbonyl (C=O) groups excluding carboxylic acids is 1. The van der Waals surface area contributed by atoms with Crippen molar-refractivity contribution in [2.24, 2.45) is 0 Å². The van der Waals surface area contributed by atoms with E-state index in [1.807, 2.05) is 13.8 Å². The highest BCUT2D eigenvalue weighted by atomic mass is 16.5. The van der Waals surface area contributed by atoms with E-state index in [9.17, 15) is 4.79 Å². The lowest BCUT2D eigenvalue weighted by atomic mass is 10.1. The lowest BCUT2D eigenvalue weighted by molar-refractivity contribution is -0.136. The summed E-state index contributed by atoms with van der Waals surface area (Å²) in [5.41, 5.74) is 2.19. The number of aromatic nitrogens is 1. The van der Waals surface area contributed by atoms with Crippen LogP contribution in [0.15, 0.2) is 16.4 Å². The molecule has 0 unspecified atom stereocenters. The Hall–Kier alpha value is -1.58. The van der Waals surface area contributed by atoms with Crippen molar-refractivity contribution in [2.75, 3.05) is 7.11 Å². The fraction of sp³-hybridized carbons (Fsp3) is 0.400. The normalized spacial score (nSPS) is 11.5. The summed E-state index contributed by atoms with van der Waals surface area (Å²) in [5, 5.41) is 3.72. The second-order valence-electron chi connectivity index (χ2n) is 2.87. The lowest BCUT2D eigenvalue weighted by Gasteiger charge is -2.00. The molecular formula is C10H13NO3. The monoisotopic (exact) mass is 195 g/mol. The molecule has 0 bridgehead atoms. The molecule has 0 aliphatic heterocycles. The van der Waals surface area contributed by atoms with Crippen LogP contribution in [0.3, 0.4) is 0 Å². The van der Waals surface area contributed by atoms with Crippen LogP contribution in [0.25, 0.3) is 6.08 Å². The van der Waals surface area contributed by atoms with Gasteiger partial charge in [-0.2, -0.15) is 0 Å². The van der Waals surface area contributed by atoms with E-state index in [-0.39, 0.29) is 5.97 Å². The van der Waals surface area contributed by atoms with Crippen molar-refractivity contribution in [1.82, 2.24) is 5.16 Å². The number of esters is 1. The minimum atomic E-state index is -0.312. The van der Waals surface area contributed by atoms with Gasteiger partial charge in [-0.25, -0.2) is 4.79 Å². The fourth-order valence-corrected chi connectivity index (χ4v) is 1.06. The van der Waals surface area contributed by atoms with Crippen molar-refractivity contribution < 1.29 is 14.1 Å². The van der Waals surface area contributed by atoms with Crippen molar-refractivity contribution >= 4 is 12.0 Å². The van der Waals surface area contributed by atoms with E-state index in [2.05, 4.69) is 9.89 Å². The predicted octanol–water partition coefficient (Wildman–Crippen LogP) is 1.95. The van der Waals surface area contributed by atoms with Crippen molar-refractivity contribution in [3.05, 3.63) is 23.1 Å². The van der Waals surface area contributed by atoms with E-state index in [1.54, 1.807) is 6.08 Å². The summed E-state index contributed by atoms with van der Waals surface area (Å²) in [6.45, 7) is 3.71. The van der Waals surface area contributed by atoms with Gasteiger partial charge in [-0.05, 0) is 19.4 Å². The van der Waals surface area contributed by atoms with Crippen LogP contribution in [-0.4, -0.2) is 18.2 Å². The van der Waals surface area contributed by atoms with Gasteiger partial charge in [0.25, 0.3) is 0 Å². The Labute approximate surface area is 82.5 Å². The van der Waals surface area contributed by atoms with Gasteiger partial charge in [0.15, 0.2) is 0 Å². The zero-order valence-corrected chi connectivity index (χ0v) is 8.53. The third kappa shape index (κ3) is 2.22. The molecule has 4 nitrogen and oxygen atoms in total. The number of rotatable bonds is 3. The fourth-order valence-electron chi connectivity index (χ4n) is 1.06. The van der Waals surface area contributed by atoms with E-state index < -0.39 is 0 Å². The van der Waals surface area contributed by atoms with Crippen molar-refractivity contribution in [3.63, 3.8) is 0 Å². The second kappa shape index (κ2) is 4.60. The first kappa shape index (κ1) is 10.5. The lowest BCUT2D eigenvalue weighted by Crippen LogP contribution is -2.03. The van der Waals surface area contributed by atoms with Gasteiger partial charge in [0.2, 0.25) is 0 Å². The van der Waals surface area contributed by atoms with Crippen LogP contribution < -0.4 is 0 Å². The maximum Gasteiger partial charge on any atom is 0.333 e. The molecule has 0 atom stereocenters. The van der Waals surface area contributed by atoms with E-state index in [0.29, 0.717) is 12.0 Å². The largest absolute Gasteiger partial charge is 0.466 e. The number of ether oxygens (including phenoxy) is 1. The summed E-state index contributed by atoms with van der Waals surface area (Å²) in [6, 6.07) is 0. The Kier molecular flexibility index (Phi) is 3.45. The van der Waals surface area contributed by atoms with Crippen LogP contribution in [-0.2, 0) is 9.53 Å². The van der Waals surface area contributed by atoms with Crippen molar-refractivity contribution in [2.45, 2.75) is 20.3 Å². The minimum absolute atomic E-state index is 0.312. The third-order valence-electron chi connectivity index (χ3n) is 1.95. The maximum absolute atomic E-state index is 11.2. The Morgan fingerprint density at radius 3 is 2.86 bits per heavy atom. The topological polar surface area (TPSA) is 52.3 Å². The quantitative estimate of drug-likeness (QED) is 0.546. The summed E-state index contributed by atoms with van der Waals surface area (Å²) >= 11 is 0. The highest BCUT2D eigenvalue weighted by molar-refractivity contribution is 5.93. The number of nitrogens with zero attached hydrogens (tertiary/aromatic N) is 1. The molecule has 0 fully saturated rings. The molecule has 0 saturated heterocycles. The maximum atomic E-state index is 11.2. The van der Waals surface area contributed by atoms with Gasteiger partial charge in [-0.15, -0.1) is 0 Å². The standard InChI is InChI=1S/C10H13NO3/c1-4-8(10(12)13-3)5-9-6-14-11-7(9)2/h5-6H,4H2,1-3H3/b8-5+. The van der Waals surface area contributed by atoms with Crippen LogP contribution in [0.5, 0.6) is 0 Å². The molecule has 0 aliphatic rings. The molecule has 1 aromatic rings. The van der Waals surface area contributed by atoms with Crippen molar-refractivity contribution in [1.29, 1.82) is 0 Å². The molecule has 4 heteroatoms. The van der Waals surface area contributed by atoms with E-state index in [1.165, 1.54) is 13.4 Å². The molecule has 1 aromatic heterocycles. The summed E-state index contributed by atoms with van der Waals surface area (Å²) < 4.78 is 9.39. The van der Waals surface area contributed by atoms with Crippen molar-refractivity contribution in [3.8, 4) is 0 Å². The first-order valence-electron chi connectivity index (χ1n) is 4.39. The number of carbonyl (C=O) groups is 1. The molecule has 0 aliphatic carbocycles. The van der Waals surface area contributed by atoms with E-state index in [0.717, 1.165) is 11.3 Å². The van der Waals surface area contributed by atoms with Crippen LogP contribution in [0.4, 0.5) is 0 Å².